The van der Waals surface area contributed by atoms with Crippen molar-refractivity contribution in [3.8, 4) is 0 Å². The van der Waals surface area contributed by atoms with Crippen LogP contribution >= 0.6 is 0 Å². The van der Waals surface area contributed by atoms with Crippen molar-refractivity contribution in [1.29, 1.82) is 0 Å². The number of rotatable bonds is 59. The van der Waals surface area contributed by atoms with Crippen LogP contribution < -0.4 is 0 Å². The van der Waals surface area contributed by atoms with Gasteiger partial charge < -0.3 is 14.6 Å². The lowest BCUT2D eigenvalue weighted by Gasteiger charge is -2.15. The Morgan fingerprint density at radius 3 is 0.878 bits per heavy atom. The van der Waals surface area contributed by atoms with Crippen molar-refractivity contribution in [2.24, 2.45) is 0 Å². The summed E-state index contributed by atoms with van der Waals surface area (Å²) in [5.74, 6) is -0.580. The second-order valence-electron chi connectivity index (χ2n) is 21.5. The van der Waals surface area contributed by atoms with E-state index >= 15 is 0 Å². The molecule has 0 aromatic heterocycles. The van der Waals surface area contributed by atoms with Gasteiger partial charge in [-0.1, -0.05) is 304 Å². The van der Waals surface area contributed by atoms with Gasteiger partial charge in [0.25, 0.3) is 0 Å². The van der Waals surface area contributed by atoms with Crippen LogP contribution in [0, 0.1) is 0 Å². The Bertz CT molecular complexity index is 1350. The number of unbranched alkanes of at least 4 members (excludes halogenated alkanes) is 37. The third-order valence-corrected chi connectivity index (χ3v) is 14.2. The Labute approximate surface area is 460 Å². The molecule has 74 heavy (non-hydrogen) atoms. The third-order valence-electron chi connectivity index (χ3n) is 14.2. The normalized spacial score (nSPS) is 12.7. The molecule has 0 saturated carbocycles. The Kier molecular flexibility index (Phi) is 61.8. The molecule has 0 aliphatic heterocycles. The molecule has 0 heterocycles. The molecule has 0 amide bonds. The largest absolute Gasteiger partial charge is 0.462 e. The van der Waals surface area contributed by atoms with Crippen molar-refractivity contribution in [2.75, 3.05) is 13.2 Å². The highest BCUT2D eigenvalue weighted by Gasteiger charge is 2.16. The number of ether oxygens (including phenoxy) is 2. The molecule has 1 unspecified atom stereocenters. The fourth-order valence-electron chi connectivity index (χ4n) is 9.38. The van der Waals surface area contributed by atoms with Crippen molar-refractivity contribution in [3.63, 3.8) is 0 Å². The van der Waals surface area contributed by atoms with Crippen LogP contribution in [-0.2, 0) is 19.1 Å². The summed E-state index contributed by atoms with van der Waals surface area (Å²) >= 11 is 0. The van der Waals surface area contributed by atoms with Gasteiger partial charge in [-0.05, 0) is 89.9 Å². The van der Waals surface area contributed by atoms with E-state index in [1.54, 1.807) is 0 Å². The van der Waals surface area contributed by atoms with E-state index in [1.807, 2.05) is 0 Å². The van der Waals surface area contributed by atoms with E-state index in [9.17, 15) is 14.7 Å². The highest BCUT2D eigenvalue weighted by Crippen LogP contribution is 2.17. The minimum absolute atomic E-state index is 0.0661. The number of carbonyl (C=O) groups excluding carboxylic acids is 2. The summed E-state index contributed by atoms with van der Waals surface area (Å²) < 4.78 is 10.7. The fraction of sp³-hybridized carbons (Fsp3) is 0.768. The number of hydrogen-bond acceptors (Lipinski definition) is 5. The average Bonchev–Trinajstić information content (AvgIpc) is 3.40. The van der Waals surface area contributed by atoms with Gasteiger partial charge >= 0.3 is 11.9 Å². The van der Waals surface area contributed by atoms with Crippen LogP contribution in [0.5, 0.6) is 0 Å². The molecular formula is C69H122O5. The maximum Gasteiger partial charge on any atom is 0.306 e. The molecule has 1 atom stereocenters. The molecule has 0 spiro atoms. The molecule has 0 aromatic rings. The summed E-state index contributed by atoms with van der Waals surface area (Å²) in [7, 11) is 0. The first-order valence-electron chi connectivity index (χ1n) is 32.1. The quantitative estimate of drug-likeness (QED) is 0.0373. The molecule has 0 radical (unpaired) electrons. The lowest BCUT2D eigenvalue weighted by Crippen LogP contribution is -2.28. The summed E-state index contributed by atoms with van der Waals surface area (Å²) in [5.41, 5.74) is 0. The zero-order valence-electron chi connectivity index (χ0n) is 49.1. The van der Waals surface area contributed by atoms with Crippen molar-refractivity contribution < 1.29 is 24.2 Å². The van der Waals surface area contributed by atoms with E-state index in [0.29, 0.717) is 12.8 Å². The number of carbonyl (C=O) groups is 2. The standard InChI is InChI=1S/C69H122O5/c1-3-5-7-9-11-13-15-17-19-21-23-25-27-29-31-32-33-34-35-36-38-40-42-44-46-48-50-52-54-56-58-60-62-64-69(72)74-67(65-70)66-73-68(71)63-61-59-57-55-53-51-49-47-45-43-41-39-37-30-28-26-24-22-20-18-16-14-12-10-8-6-4-2/h5,7,11,13,16-19,22-25,28,30,67,70H,3-4,6,8-10,12,14-15,20-21,26-27,29,31-66H2,1-2H3/b7-5-,13-11-,18-16-,19-17-,24-22-,25-23-,30-28-. The summed E-state index contributed by atoms with van der Waals surface area (Å²) in [6.45, 7) is 4.05. The SMILES string of the molecule is CC/C=C\C/C=C\C/C=C\C/C=C\CCCCCCCCCCCCCCCCCCCCCCC(=O)OC(CO)COC(=O)CCCCCCCCCCCCCC/C=C\C/C=C\C/C=C\CCCCCCC. The Hall–Kier alpha value is -2.92. The molecule has 0 rings (SSSR count). The van der Waals surface area contributed by atoms with Gasteiger partial charge in [0.05, 0.1) is 6.61 Å². The van der Waals surface area contributed by atoms with E-state index in [0.717, 1.165) is 77.0 Å². The molecule has 0 aromatic carbocycles. The van der Waals surface area contributed by atoms with E-state index in [1.165, 1.54) is 218 Å². The van der Waals surface area contributed by atoms with Crippen LogP contribution in [0.25, 0.3) is 0 Å². The highest BCUT2D eigenvalue weighted by atomic mass is 16.6. The molecule has 428 valence electrons. The Morgan fingerprint density at radius 1 is 0.324 bits per heavy atom. The molecule has 0 aliphatic carbocycles. The van der Waals surface area contributed by atoms with Gasteiger partial charge in [0.2, 0.25) is 0 Å². The second-order valence-corrected chi connectivity index (χ2v) is 21.5. The number of esters is 2. The average molecular weight is 1030 g/mol. The first-order valence-corrected chi connectivity index (χ1v) is 32.1. The monoisotopic (exact) mass is 1030 g/mol. The van der Waals surface area contributed by atoms with Crippen molar-refractivity contribution >= 4 is 11.9 Å². The smallest absolute Gasteiger partial charge is 0.306 e. The molecular weight excluding hydrogens is 909 g/mol. The van der Waals surface area contributed by atoms with Gasteiger partial charge in [0, 0.05) is 12.8 Å². The molecule has 5 heteroatoms. The van der Waals surface area contributed by atoms with Crippen LogP contribution in [0.15, 0.2) is 85.1 Å². The summed E-state index contributed by atoms with van der Waals surface area (Å²) in [4.78, 5) is 24.6. The van der Waals surface area contributed by atoms with Crippen LogP contribution in [0.4, 0.5) is 0 Å². The predicted octanol–water partition coefficient (Wildman–Crippen LogP) is 22.1. The third kappa shape index (κ3) is 61.6. The molecule has 0 saturated heterocycles. The zero-order chi connectivity index (χ0) is 53.4. The lowest BCUT2D eigenvalue weighted by atomic mass is 10.0. The number of aliphatic hydroxyl groups is 1. The summed E-state index contributed by atoms with van der Waals surface area (Å²) in [5, 5.41) is 9.69. The zero-order valence-corrected chi connectivity index (χ0v) is 49.1. The predicted molar refractivity (Wildman–Crippen MR) is 325 cm³/mol. The maximum atomic E-state index is 12.3. The number of aliphatic hydroxyl groups excluding tert-OH is 1. The Balaban J connectivity index is 3.45. The van der Waals surface area contributed by atoms with Crippen LogP contribution in [0.1, 0.15) is 322 Å². The number of allylic oxidation sites excluding steroid dienone is 14. The van der Waals surface area contributed by atoms with Crippen LogP contribution in [0.3, 0.4) is 0 Å². The summed E-state index contributed by atoms with van der Waals surface area (Å²) in [6.07, 6.45) is 90.2. The second kappa shape index (κ2) is 64.4. The molecule has 1 N–H and O–H groups in total. The van der Waals surface area contributed by atoms with Gasteiger partial charge in [-0.25, -0.2) is 0 Å². The minimum atomic E-state index is -0.776. The van der Waals surface area contributed by atoms with E-state index in [2.05, 4.69) is 98.9 Å². The van der Waals surface area contributed by atoms with Gasteiger partial charge in [-0.15, -0.1) is 0 Å². The fourth-order valence-corrected chi connectivity index (χ4v) is 9.38. The molecule has 0 aliphatic rings. The molecule has 0 fully saturated rings. The topological polar surface area (TPSA) is 72.8 Å². The van der Waals surface area contributed by atoms with Crippen LogP contribution in [0.2, 0.25) is 0 Å². The number of hydrogen-bond donors (Lipinski definition) is 1. The van der Waals surface area contributed by atoms with Gasteiger partial charge in [0.1, 0.15) is 6.61 Å². The van der Waals surface area contributed by atoms with Crippen molar-refractivity contribution in [3.05, 3.63) is 85.1 Å². The molecule has 5 nitrogen and oxygen atoms in total. The summed E-state index contributed by atoms with van der Waals surface area (Å²) in [6, 6.07) is 0. The molecule has 0 bridgehead atoms. The van der Waals surface area contributed by atoms with Gasteiger partial charge in [-0.2, -0.15) is 0 Å². The van der Waals surface area contributed by atoms with Gasteiger partial charge in [0.15, 0.2) is 6.10 Å². The highest BCUT2D eigenvalue weighted by molar-refractivity contribution is 5.70. The Morgan fingerprint density at radius 2 is 0.581 bits per heavy atom. The first-order chi connectivity index (χ1) is 36.6. The van der Waals surface area contributed by atoms with E-state index < -0.39 is 6.10 Å². The van der Waals surface area contributed by atoms with Crippen LogP contribution in [-0.4, -0.2) is 36.4 Å². The van der Waals surface area contributed by atoms with E-state index in [-0.39, 0.29) is 25.2 Å². The lowest BCUT2D eigenvalue weighted by molar-refractivity contribution is -0.161. The van der Waals surface area contributed by atoms with Crippen molar-refractivity contribution in [1.82, 2.24) is 0 Å². The maximum absolute atomic E-state index is 12.3. The van der Waals surface area contributed by atoms with Crippen molar-refractivity contribution in [2.45, 2.75) is 328 Å². The van der Waals surface area contributed by atoms with Gasteiger partial charge in [-0.3, -0.25) is 9.59 Å². The van der Waals surface area contributed by atoms with E-state index in [4.69, 9.17) is 9.47 Å². The first kappa shape index (κ1) is 71.1. The minimum Gasteiger partial charge on any atom is -0.462 e.